The molecule has 7 nitrogen and oxygen atoms in total. The predicted octanol–water partition coefficient (Wildman–Crippen LogP) is 2.53. The molecule has 2 aromatic heterocycles. The fourth-order valence-corrected chi connectivity index (χ4v) is 3.20. The molecule has 29 heavy (non-hydrogen) atoms. The summed E-state index contributed by atoms with van der Waals surface area (Å²) < 4.78 is 30.6. The van der Waals surface area contributed by atoms with Gasteiger partial charge in [0.25, 0.3) is 5.91 Å². The van der Waals surface area contributed by atoms with E-state index in [1.165, 1.54) is 16.7 Å². The van der Waals surface area contributed by atoms with E-state index in [1.807, 2.05) is 18.2 Å². The number of hydrogen-bond donors (Lipinski definition) is 2. The zero-order chi connectivity index (χ0) is 20.5. The van der Waals surface area contributed by atoms with Crippen molar-refractivity contribution in [3.8, 4) is 5.69 Å². The van der Waals surface area contributed by atoms with Gasteiger partial charge in [0.15, 0.2) is 17.3 Å². The lowest BCUT2D eigenvalue weighted by molar-refractivity contribution is 0.0947. The first-order valence-corrected chi connectivity index (χ1v) is 8.92. The Morgan fingerprint density at radius 1 is 1.14 bits per heavy atom. The molecule has 0 bridgehead atoms. The molecular formula is C20H17F2N5O2. The summed E-state index contributed by atoms with van der Waals surface area (Å²) >= 11 is 0. The number of para-hydroxylation sites is 3. The van der Waals surface area contributed by atoms with Gasteiger partial charge >= 0.3 is 5.69 Å². The van der Waals surface area contributed by atoms with E-state index >= 15 is 0 Å². The first-order chi connectivity index (χ1) is 14.0. The maximum atomic E-state index is 14.0. The lowest BCUT2D eigenvalue weighted by Crippen LogP contribution is -2.30. The second kappa shape index (κ2) is 7.34. The van der Waals surface area contributed by atoms with Crippen LogP contribution in [0.3, 0.4) is 0 Å². The topological polar surface area (TPSA) is 84.7 Å². The molecular weight excluding hydrogens is 380 g/mol. The Bertz CT molecular complexity index is 1250. The Labute approximate surface area is 163 Å². The van der Waals surface area contributed by atoms with E-state index in [1.54, 1.807) is 13.0 Å². The maximum Gasteiger partial charge on any atom is 0.326 e. The van der Waals surface area contributed by atoms with E-state index in [0.29, 0.717) is 11.2 Å². The van der Waals surface area contributed by atoms with E-state index < -0.39 is 17.5 Å². The summed E-state index contributed by atoms with van der Waals surface area (Å²) in [6.07, 6.45) is 0. The summed E-state index contributed by atoms with van der Waals surface area (Å²) in [5.41, 5.74) is 1.28. The minimum atomic E-state index is -0.776. The lowest BCUT2D eigenvalue weighted by Gasteiger charge is -2.07. The number of amides is 1. The van der Waals surface area contributed by atoms with Crippen LogP contribution in [0.1, 0.15) is 16.2 Å². The molecule has 0 aliphatic carbocycles. The van der Waals surface area contributed by atoms with Crippen molar-refractivity contribution in [3.63, 3.8) is 0 Å². The third-order valence-electron chi connectivity index (χ3n) is 4.57. The van der Waals surface area contributed by atoms with E-state index in [4.69, 9.17) is 0 Å². The van der Waals surface area contributed by atoms with Crippen LogP contribution >= 0.6 is 0 Å². The monoisotopic (exact) mass is 397 g/mol. The minimum Gasteiger partial charge on any atom is -0.349 e. The molecule has 0 aliphatic heterocycles. The van der Waals surface area contributed by atoms with Crippen LogP contribution in [0.25, 0.3) is 16.7 Å². The molecule has 4 rings (SSSR count). The predicted molar refractivity (Wildman–Crippen MR) is 103 cm³/mol. The average molecular weight is 397 g/mol. The van der Waals surface area contributed by atoms with Crippen LogP contribution in [0.2, 0.25) is 0 Å². The number of hydrogen-bond acceptors (Lipinski definition) is 3. The Kier molecular flexibility index (Phi) is 4.71. The summed E-state index contributed by atoms with van der Waals surface area (Å²) in [6.45, 7) is 2.04. The number of rotatable bonds is 5. The lowest BCUT2D eigenvalue weighted by atomic mass is 10.3. The fourth-order valence-electron chi connectivity index (χ4n) is 3.20. The molecule has 0 fully saturated rings. The molecule has 0 aliphatic rings. The molecule has 2 aromatic carbocycles. The second-order valence-electron chi connectivity index (χ2n) is 6.51. The van der Waals surface area contributed by atoms with Gasteiger partial charge in [-0.2, -0.15) is 5.10 Å². The Morgan fingerprint density at radius 2 is 1.86 bits per heavy atom. The van der Waals surface area contributed by atoms with Gasteiger partial charge in [0.2, 0.25) is 0 Å². The number of carbonyl (C=O) groups excluding carboxylic acids is 1. The first-order valence-electron chi connectivity index (χ1n) is 8.92. The van der Waals surface area contributed by atoms with Crippen molar-refractivity contribution < 1.29 is 13.6 Å². The molecule has 4 aromatic rings. The summed E-state index contributed by atoms with van der Waals surface area (Å²) in [4.78, 5) is 27.2. The number of nitrogens with one attached hydrogen (secondary N) is 2. The van der Waals surface area contributed by atoms with Crippen LogP contribution in [0, 0.1) is 18.6 Å². The van der Waals surface area contributed by atoms with E-state index in [2.05, 4.69) is 15.4 Å². The minimum absolute atomic E-state index is 0.0245. The molecule has 0 atom stereocenters. The highest BCUT2D eigenvalue weighted by Gasteiger charge is 2.18. The third-order valence-corrected chi connectivity index (χ3v) is 4.57. The SMILES string of the molecule is Cc1cc(C(=O)NCCn2c(=O)[nH]c3ccccc32)nn1-c1c(F)cccc1F. The molecule has 0 radical (unpaired) electrons. The number of aryl methyl sites for hydroxylation is 1. The standard InChI is InChI=1S/C20H17F2N5O2/c1-12-11-16(25-27(12)18-13(21)5-4-6-14(18)22)19(28)23-9-10-26-17-8-3-2-7-15(17)24-20(26)29/h2-8,11H,9-10H2,1H3,(H,23,28)(H,24,29). The number of fused-ring (bicyclic) bond motifs is 1. The fraction of sp³-hybridized carbons (Fsp3) is 0.150. The van der Waals surface area contributed by atoms with Crippen LogP contribution in [-0.2, 0) is 6.54 Å². The van der Waals surface area contributed by atoms with Crippen molar-refractivity contribution in [2.75, 3.05) is 6.54 Å². The molecule has 0 saturated carbocycles. The molecule has 148 valence electrons. The maximum absolute atomic E-state index is 14.0. The molecule has 2 N–H and O–H groups in total. The van der Waals surface area contributed by atoms with Crippen molar-refractivity contribution in [1.82, 2.24) is 24.6 Å². The van der Waals surface area contributed by atoms with Gasteiger partial charge in [-0.1, -0.05) is 18.2 Å². The van der Waals surface area contributed by atoms with Gasteiger partial charge in [-0.25, -0.2) is 18.3 Å². The van der Waals surface area contributed by atoms with Crippen LogP contribution in [-0.4, -0.2) is 31.8 Å². The van der Waals surface area contributed by atoms with Crippen molar-refractivity contribution in [1.29, 1.82) is 0 Å². The molecule has 2 heterocycles. The highest BCUT2D eigenvalue weighted by Crippen LogP contribution is 2.19. The summed E-state index contributed by atoms with van der Waals surface area (Å²) in [7, 11) is 0. The Morgan fingerprint density at radius 3 is 2.62 bits per heavy atom. The van der Waals surface area contributed by atoms with Gasteiger partial charge in [-0.05, 0) is 37.3 Å². The average Bonchev–Trinajstić information content (AvgIpc) is 3.22. The highest BCUT2D eigenvalue weighted by atomic mass is 19.1. The van der Waals surface area contributed by atoms with Crippen LogP contribution in [0.15, 0.2) is 53.3 Å². The first kappa shape index (κ1) is 18.6. The molecule has 0 spiro atoms. The zero-order valence-corrected chi connectivity index (χ0v) is 15.4. The number of nitrogens with zero attached hydrogens (tertiary/aromatic N) is 3. The summed E-state index contributed by atoms with van der Waals surface area (Å²) in [5, 5.41) is 6.71. The van der Waals surface area contributed by atoms with E-state index in [-0.39, 0.29) is 30.2 Å². The zero-order valence-electron chi connectivity index (χ0n) is 15.4. The van der Waals surface area contributed by atoms with Gasteiger partial charge in [0, 0.05) is 18.8 Å². The Balaban J connectivity index is 1.50. The number of H-pyrrole nitrogens is 1. The van der Waals surface area contributed by atoms with Gasteiger partial charge in [-0.3, -0.25) is 9.36 Å². The van der Waals surface area contributed by atoms with Gasteiger partial charge in [0.05, 0.1) is 11.0 Å². The smallest absolute Gasteiger partial charge is 0.326 e. The number of aromatic amines is 1. The third kappa shape index (κ3) is 3.42. The van der Waals surface area contributed by atoms with Crippen molar-refractivity contribution >= 4 is 16.9 Å². The molecule has 0 saturated heterocycles. The summed E-state index contributed by atoms with van der Waals surface area (Å²) in [5.74, 6) is -2.06. The molecule has 9 heteroatoms. The van der Waals surface area contributed by atoms with Gasteiger partial charge in [-0.15, -0.1) is 0 Å². The molecule has 0 unspecified atom stereocenters. The Hall–Kier alpha value is -3.75. The quantitative estimate of drug-likeness (QED) is 0.543. The van der Waals surface area contributed by atoms with Crippen LogP contribution < -0.4 is 11.0 Å². The van der Waals surface area contributed by atoms with Crippen molar-refractivity contribution in [3.05, 3.63) is 82.0 Å². The van der Waals surface area contributed by atoms with E-state index in [9.17, 15) is 18.4 Å². The molecule has 1 amide bonds. The second-order valence-corrected chi connectivity index (χ2v) is 6.51. The normalized spacial score (nSPS) is 11.1. The van der Waals surface area contributed by atoms with E-state index in [0.717, 1.165) is 22.3 Å². The number of imidazole rings is 1. The number of halogens is 2. The van der Waals surface area contributed by atoms with Crippen LogP contribution in [0.4, 0.5) is 8.78 Å². The van der Waals surface area contributed by atoms with Gasteiger partial charge in [0.1, 0.15) is 5.69 Å². The number of carbonyl (C=O) groups is 1. The summed E-state index contributed by atoms with van der Waals surface area (Å²) in [6, 6.07) is 12.2. The number of aromatic nitrogens is 4. The van der Waals surface area contributed by atoms with Crippen LogP contribution in [0.5, 0.6) is 0 Å². The van der Waals surface area contributed by atoms with Crippen molar-refractivity contribution in [2.24, 2.45) is 0 Å². The number of benzene rings is 2. The highest BCUT2D eigenvalue weighted by molar-refractivity contribution is 5.92. The largest absolute Gasteiger partial charge is 0.349 e. The van der Waals surface area contributed by atoms with Gasteiger partial charge < -0.3 is 10.3 Å². The van der Waals surface area contributed by atoms with Crippen molar-refractivity contribution in [2.45, 2.75) is 13.5 Å².